The topological polar surface area (TPSA) is 58.2 Å². The molecule has 1 aliphatic heterocycles. The van der Waals surface area contributed by atoms with E-state index in [9.17, 15) is 4.79 Å². The molecular formula is C13H13N3O2. The van der Waals surface area contributed by atoms with Crippen molar-refractivity contribution in [1.82, 2.24) is 10.2 Å². The van der Waals surface area contributed by atoms with Crippen LogP contribution in [0.25, 0.3) is 0 Å². The molecule has 0 spiro atoms. The number of rotatable bonds is 2. The van der Waals surface area contributed by atoms with Crippen LogP contribution in [-0.2, 0) is 6.42 Å². The summed E-state index contributed by atoms with van der Waals surface area (Å²) in [5.41, 5.74) is 2.61. The monoisotopic (exact) mass is 243 g/mol. The molecule has 0 bridgehead atoms. The van der Waals surface area contributed by atoms with Crippen LogP contribution in [0, 0.1) is 0 Å². The molecule has 1 aromatic carbocycles. The zero-order valence-corrected chi connectivity index (χ0v) is 10.0. The Balaban J connectivity index is 1.93. The Bertz CT molecular complexity index is 578. The fourth-order valence-corrected chi connectivity index (χ4v) is 2.24. The first-order chi connectivity index (χ1) is 8.79. The van der Waals surface area contributed by atoms with Gasteiger partial charge in [0.25, 0.3) is 5.91 Å². The minimum Gasteiger partial charge on any atom is -0.497 e. The van der Waals surface area contributed by atoms with Gasteiger partial charge in [-0.15, -0.1) is 0 Å². The highest BCUT2D eigenvalue weighted by molar-refractivity contribution is 6.06. The summed E-state index contributed by atoms with van der Waals surface area (Å²) in [7, 11) is 1.64. The Kier molecular flexibility index (Phi) is 2.51. The van der Waals surface area contributed by atoms with Gasteiger partial charge in [-0.1, -0.05) is 0 Å². The van der Waals surface area contributed by atoms with Gasteiger partial charge >= 0.3 is 0 Å². The van der Waals surface area contributed by atoms with E-state index in [2.05, 4.69) is 10.2 Å². The highest BCUT2D eigenvalue weighted by atomic mass is 16.5. The maximum atomic E-state index is 12.2. The molecule has 1 N–H and O–H groups in total. The van der Waals surface area contributed by atoms with Gasteiger partial charge in [0.1, 0.15) is 11.4 Å². The van der Waals surface area contributed by atoms with E-state index < -0.39 is 0 Å². The second-order valence-corrected chi connectivity index (χ2v) is 4.17. The average molecular weight is 243 g/mol. The third-order valence-electron chi connectivity index (χ3n) is 3.16. The summed E-state index contributed by atoms with van der Waals surface area (Å²) in [4.78, 5) is 14.0. The van der Waals surface area contributed by atoms with Gasteiger partial charge in [0.2, 0.25) is 0 Å². The molecule has 18 heavy (non-hydrogen) atoms. The zero-order chi connectivity index (χ0) is 12.5. The largest absolute Gasteiger partial charge is 0.497 e. The molecule has 2 aromatic rings. The molecule has 0 unspecified atom stereocenters. The lowest BCUT2D eigenvalue weighted by Gasteiger charge is -2.16. The zero-order valence-electron chi connectivity index (χ0n) is 10.0. The minimum absolute atomic E-state index is 0.0450. The van der Waals surface area contributed by atoms with Gasteiger partial charge in [0.05, 0.1) is 7.11 Å². The molecule has 0 aliphatic carbocycles. The van der Waals surface area contributed by atoms with E-state index in [1.165, 1.54) is 0 Å². The Morgan fingerprint density at radius 2 is 2.33 bits per heavy atom. The number of amides is 1. The summed E-state index contributed by atoms with van der Waals surface area (Å²) < 4.78 is 5.19. The number of benzene rings is 1. The molecule has 0 radical (unpaired) electrons. The Hall–Kier alpha value is -2.30. The van der Waals surface area contributed by atoms with E-state index in [4.69, 9.17) is 4.74 Å². The van der Waals surface area contributed by atoms with Crippen LogP contribution in [0.3, 0.4) is 0 Å². The number of hydrogen-bond acceptors (Lipinski definition) is 3. The molecule has 3 rings (SSSR count). The van der Waals surface area contributed by atoms with Gasteiger partial charge in [-0.25, -0.2) is 0 Å². The fraction of sp³-hybridized carbons (Fsp3) is 0.231. The van der Waals surface area contributed by atoms with E-state index in [0.29, 0.717) is 12.2 Å². The standard InChI is InChI=1S/C13H13N3O2/c1-18-10-2-3-12-9(8-10)5-7-16(12)13(17)11-4-6-14-15-11/h2-4,6,8H,5,7H2,1H3,(H,14,15). The fourth-order valence-electron chi connectivity index (χ4n) is 2.24. The number of methoxy groups -OCH3 is 1. The summed E-state index contributed by atoms with van der Waals surface area (Å²) in [6, 6.07) is 7.46. The van der Waals surface area contributed by atoms with Gasteiger partial charge in [-0.3, -0.25) is 9.89 Å². The lowest BCUT2D eigenvalue weighted by atomic mass is 10.1. The van der Waals surface area contributed by atoms with Crippen LogP contribution in [0.1, 0.15) is 16.1 Å². The maximum Gasteiger partial charge on any atom is 0.276 e. The number of ether oxygens (including phenoxy) is 1. The van der Waals surface area contributed by atoms with Crippen LogP contribution < -0.4 is 9.64 Å². The number of carbonyl (C=O) groups is 1. The predicted molar refractivity (Wildman–Crippen MR) is 67.0 cm³/mol. The van der Waals surface area contributed by atoms with Crippen molar-refractivity contribution in [2.45, 2.75) is 6.42 Å². The highest BCUT2D eigenvalue weighted by Crippen LogP contribution is 2.31. The van der Waals surface area contributed by atoms with Gasteiger partial charge < -0.3 is 9.64 Å². The molecule has 1 amide bonds. The Morgan fingerprint density at radius 1 is 1.44 bits per heavy atom. The summed E-state index contributed by atoms with van der Waals surface area (Å²) >= 11 is 0. The summed E-state index contributed by atoms with van der Waals surface area (Å²) in [5, 5.41) is 6.51. The average Bonchev–Trinajstić information content (AvgIpc) is 3.06. The van der Waals surface area contributed by atoms with Gasteiger partial charge in [-0.2, -0.15) is 5.10 Å². The van der Waals surface area contributed by atoms with E-state index in [0.717, 1.165) is 23.4 Å². The molecule has 5 heteroatoms. The molecule has 0 fully saturated rings. The number of aromatic nitrogens is 2. The first-order valence-corrected chi connectivity index (χ1v) is 5.78. The first-order valence-electron chi connectivity index (χ1n) is 5.78. The number of nitrogens with one attached hydrogen (secondary N) is 1. The molecule has 2 heterocycles. The van der Waals surface area contributed by atoms with E-state index in [1.54, 1.807) is 24.3 Å². The number of anilines is 1. The molecular weight excluding hydrogens is 230 g/mol. The molecule has 5 nitrogen and oxygen atoms in total. The highest BCUT2D eigenvalue weighted by Gasteiger charge is 2.26. The molecule has 0 saturated heterocycles. The number of carbonyl (C=O) groups excluding carboxylic acids is 1. The van der Waals surface area contributed by atoms with Gasteiger partial charge in [0, 0.05) is 18.4 Å². The van der Waals surface area contributed by atoms with Crippen LogP contribution in [0.5, 0.6) is 5.75 Å². The minimum atomic E-state index is -0.0450. The Morgan fingerprint density at radius 3 is 3.06 bits per heavy atom. The molecule has 0 saturated carbocycles. The van der Waals surface area contributed by atoms with E-state index >= 15 is 0 Å². The number of H-pyrrole nitrogens is 1. The molecule has 0 atom stereocenters. The third-order valence-corrected chi connectivity index (χ3v) is 3.16. The lowest BCUT2D eigenvalue weighted by Crippen LogP contribution is -2.29. The van der Waals surface area contributed by atoms with E-state index in [1.807, 2.05) is 18.2 Å². The van der Waals surface area contributed by atoms with Gasteiger partial charge in [-0.05, 0) is 36.2 Å². The first kappa shape index (κ1) is 10.8. The Labute approximate surface area is 104 Å². The van der Waals surface area contributed by atoms with Crippen molar-refractivity contribution in [2.24, 2.45) is 0 Å². The number of fused-ring (bicyclic) bond motifs is 1. The van der Waals surface area contributed by atoms with Crippen LogP contribution in [0.2, 0.25) is 0 Å². The van der Waals surface area contributed by atoms with Crippen molar-refractivity contribution in [1.29, 1.82) is 0 Å². The number of aromatic amines is 1. The number of hydrogen-bond donors (Lipinski definition) is 1. The van der Waals surface area contributed by atoms with Gasteiger partial charge in [0.15, 0.2) is 0 Å². The van der Waals surface area contributed by atoms with Crippen LogP contribution in [-0.4, -0.2) is 29.8 Å². The quantitative estimate of drug-likeness (QED) is 0.872. The smallest absolute Gasteiger partial charge is 0.276 e. The van der Waals surface area contributed by atoms with Crippen LogP contribution in [0.4, 0.5) is 5.69 Å². The van der Waals surface area contributed by atoms with Crippen LogP contribution >= 0.6 is 0 Å². The summed E-state index contributed by atoms with van der Waals surface area (Å²) in [6.07, 6.45) is 2.44. The maximum absolute atomic E-state index is 12.2. The normalized spacial score (nSPS) is 13.5. The SMILES string of the molecule is COc1ccc2c(c1)CCN2C(=O)c1ccn[nH]1. The van der Waals surface area contributed by atoms with Crippen molar-refractivity contribution >= 4 is 11.6 Å². The molecule has 1 aromatic heterocycles. The number of nitrogens with zero attached hydrogens (tertiary/aromatic N) is 2. The second kappa shape index (κ2) is 4.18. The van der Waals surface area contributed by atoms with Crippen LogP contribution in [0.15, 0.2) is 30.5 Å². The lowest BCUT2D eigenvalue weighted by molar-refractivity contribution is 0.0984. The van der Waals surface area contributed by atoms with E-state index in [-0.39, 0.29) is 5.91 Å². The second-order valence-electron chi connectivity index (χ2n) is 4.17. The van der Waals surface area contributed by atoms with Crippen molar-refractivity contribution in [2.75, 3.05) is 18.6 Å². The molecule has 92 valence electrons. The van der Waals surface area contributed by atoms with Crippen molar-refractivity contribution in [3.63, 3.8) is 0 Å². The van der Waals surface area contributed by atoms with Crippen molar-refractivity contribution in [3.8, 4) is 5.75 Å². The van der Waals surface area contributed by atoms with Crippen molar-refractivity contribution < 1.29 is 9.53 Å². The summed E-state index contributed by atoms with van der Waals surface area (Å²) in [5.74, 6) is 0.779. The van der Waals surface area contributed by atoms with Crippen molar-refractivity contribution in [3.05, 3.63) is 41.7 Å². The summed E-state index contributed by atoms with van der Waals surface area (Å²) in [6.45, 7) is 0.695. The third kappa shape index (κ3) is 1.64. The predicted octanol–water partition coefficient (Wildman–Crippen LogP) is 1.62. The molecule has 1 aliphatic rings.